The minimum Gasteiger partial charge on any atom is -0.439 e. The summed E-state index contributed by atoms with van der Waals surface area (Å²) in [5.74, 6) is 0. The summed E-state index contributed by atoms with van der Waals surface area (Å²) in [6.45, 7) is 6.81. The molecule has 0 amide bonds. The van der Waals surface area contributed by atoms with E-state index in [1.165, 1.54) is 122 Å². The van der Waals surface area contributed by atoms with Crippen molar-refractivity contribution in [2.45, 2.75) is 26.2 Å². The lowest BCUT2D eigenvalue weighted by atomic mass is 9.37. The molecule has 250 valence electrons. The van der Waals surface area contributed by atoms with E-state index < -0.39 is 0 Å². The largest absolute Gasteiger partial charge is 0.439 e. The van der Waals surface area contributed by atoms with E-state index in [2.05, 4.69) is 163 Å². The Hall–Kier alpha value is -6.52. The zero-order chi connectivity index (χ0) is 35.4. The molecule has 4 aliphatic rings. The van der Waals surface area contributed by atoms with Gasteiger partial charge in [-0.1, -0.05) is 115 Å². The molecule has 0 bridgehead atoms. The number of rotatable bonds is 0. The van der Waals surface area contributed by atoms with Crippen LogP contribution in [-0.2, 0) is 5.41 Å². The molecule has 3 nitrogen and oxygen atoms in total. The van der Waals surface area contributed by atoms with E-state index in [9.17, 15) is 0 Å². The molecule has 1 spiro atoms. The standard InChI is InChI=1S/C50H31BN2O/c1-26-20-28(3)47-42(23-26)53-48-46(44-32-15-7-11-19-43(32)54-49(44)53)51-40-25-33-31-14-6-10-18-38(31)50(36-16-8-4-12-29(36)30-13-5-9-17-37(30)50)39(33)24-34(40)35-21-27(2)22-41(45(35)51)52(47)48/h4-25H,1-3H3. The lowest BCUT2D eigenvalue weighted by molar-refractivity contribution is 0.651. The van der Waals surface area contributed by atoms with Crippen LogP contribution < -0.4 is 16.4 Å². The van der Waals surface area contributed by atoms with Gasteiger partial charge in [0.2, 0.25) is 5.71 Å². The number of aromatic nitrogens is 2. The maximum atomic E-state index is 6.90. The van der Waals surface area contributed by atoms with Crippen molar-refractivity contribution in [3.05, 3.63) is 172 Å². The fraction of sp³-hybridized carbons (Fsp3) is 0.0800. The third-order valence-corrected chi connectivity index (χ3v) is 13.5. The Kier molecular flexibility index (Phi) is 4.66. The molecular formula is C50H31BN2O. The van der Waals surface area contributed by atoms with Crippen molar-refractivity contribution >= 4 is 61.9 Å². The zero-order valence-corrected chi connectivity index (χ0v) is 30.1. The maximum Gasteiger partial charge on any atom is 0.251 e. The van der Waals surface area contributed by atoms with Gasteiger partial charge in [-0.3, -0.25) is 8.97 Å². The summed E-state index contributed by atoms with van der Waals surface area (Å²) in [5, 5.41) is 2.42. The first-order valence-corrected chi connectivity index (χ1v) is 19.1. The maximum absolute atomic E-state index is 6.90. The molecule has 2 aliphatic carbocycles. The summed E-state index contributed by atoms with van der Waals surface area (Å²) in [6, 6.07) is 50.8. The average molecular weight is 687 g/mol. The smallest absolute Gasteiger partial charge is 0.251 e. The lowest BCUT2D eigenvalue weighted by Gasteiger charge is -2.30. The van der Waals surface area contributed by atoms with Crippen LogP contribution in [0.1, 0.15) is 38.9 Å². The molecule has 0 unspecified atom stereocenters. The number of benzene rings is 7. The summed E-state index contributed by atoms with van der Waals surface area (Å²) < 4.78 is 11.9. The van der Waals surface area contributed by atoms with Gasteiger partial charge in [-0.05, 0) is 128 Å². The zero-order valence-electron chi connectivity index (χ0n) is 30.1. The first kappa shape index (κ1) is 28.0. The number of furan rings is 1. The summed E-state index contributed by atoms with van der Waals surface area (Å²) in [6.07, 6.45) is 0. The molecule has 7 aromatic carbocycles. The van der Waals surface area contributed by atoms with Crippen molar-refractivity contribution < 1.29 is 4.42 Å². The van der Waals surface area contributed by atoms with Gasteiger partial charge in [0.1, 0.15) is 11.2 Å². The number of para-hydroxylation sites is 1. The number of hydrogen-bond donors (Lipinski definition) is 0. The van der Waals surface area contributed by atoms with Crippen LogP contribution in [-0.4, -0.2) is 15.7 Å². The van der Waals surface area contributed by atoms with Crippen LogP contribution in [0.5, 0.6) is 0 Å². The van der Waals surface area contributed by atoms with E-state index in [1.807, 2.05) is 0 Å². The van der Waals surface area contributed by atoms with Gasteiger partial charge in [0.15, 0.2) is 0 Å². The first-order chi connectivity index (χ1) is 26.5. The van der Waals surface area contributed by atoms with E-state index in [0.29, 0.717) is 0 Å². The van der Waals surface area contributed by atoms with Crippen molar-refractivity contribution in [1.29, 1.82) is 0 Å². The molecule has 0 fully saturated rings. The molecule has 0 radical (unpaired) electrons. The number of imidazole rings is 1. The van der Waals surface area contributed by atoms with Crippen LogP contribution in [0.25, 0.3) is 77.8 Å². The Bertz CT molecular complexity index is 3400. The Labute approximate surface area is 311 Å². The van der Waals surface area contributed by atoms with Crippen LogP contribution in [0, 0.1) is 20.8 Å². The van der Waals surface area contributed by atoms with Crippen molar-refractivity contribution in [2.75, 3.05) is 0 Å². The van der Waals surface area contributed by atoms with Gasteiger partial charge >= 0.3 is 0 Å². The van der Waals surface area contributed by atoms with Gasteiger partial charge in [0.05, 0.1) is 16.4 Å². The minimum atomic E-state index is -0.382. The second-order valence-electron chi connectivity index (χ2n) is 16.2. The van der Waals surface area contributed by atoms with Gasteiger partial charge < -0.3 is 4.42 Å². The lowest BCUT2D eigenvalue weighted by Crippen LogP contribution is -2.53. The highest BCUT2D eigenvalue weighted by molar-refractivity contribution is 7.02. The first-order valence-electron chi connectivity index (χ1n) is 19.1. The number of nitrogens with zero attached hydrogens (tertiary/aromatic N) is 2. The Morgan fingerprint density at radius 2 is 1.20 bits per heavy atom. The normalized spacial score (nSPS) is 14.7. The third kappa shape index (κ3) is 2.86. The molecule has 54 heavy (non-hydrogen) atoms. The van der Waals surface area contributed by atoms with E-state index in [4.69, 9.17) is 4.42 Å². The Balaban J connectivity index is 1.18. The minimum absolute atomic E-state index is 0.0643. The second kappa shape index (κ2) is 8.98. The quantitative estimate of drug-likeness (QED) is 0.146. The van der Waals surface area contributed by atoms with E-state index >= 15 is 0 Å². The van der Waals surface area contributed by atoms with Crippen LogP contribution >= 0.6 is 0 Å². The fourth-order valence-corrected chi connectivity index (χ4v) is 11.8. The van der Waals surface area contributed by atoms with Gasteiger partial charge in [-0.15, -0.1) is 0 Å². The predicted octanol–water partition coefficient (Wildman–Crippen LogP) is 9.86. The molecule has 5 heterocycles. The van der Waals surface area contributed by atoms with Crippen molar-refractivity contribution in [2.24, 2.45) is 0 Å². The van der Waals surface area contributed by atoms with Gasteiger partial charge in [-0.25, -0.2) is 0 Å². The van der Waals surface area contributed by atoms with E-state index in [-0.39, 0.29) is 12.1 Å². The van der Waals surface area contributed by atoms with Gasteiger partial charge in [0.25, 0.3) is 6.71 Å². The summed E-state index contributed by atoms with van der Waals surface area (Å²) in [7, 11) is 0. The molecule has 2 aliphatic heterocycles. The Morgan fingerprint density at radius 3 is 1.94 bits per heavy atom. The molecule has 4 heteroatoms. The number of fused-ring (bicyclic) bond motifs is 23. The van der Waals surface area contributed by atoms with Crippen molar-refractivity contribution in [3.8, 4) is 39.1 Å². The molecule has 0 atom stereocenters. The molecule has 0 saturated carbocycles. The van der Waals surface area contributed by atoms with Crippen molar-refractivity contribution in [1.82, 2.24) is 8.97 Å². The van der Waals surface area contributed by atoms with Crippen LogP contribution in [0.4, 0.5) is 0 Å². The highest BCUT2D eigenvalue weighted by Gasteiger charge is 2.53. The summed E-state index contributed by atoms with van der Waals surface area (Å²) >= 11 is 0. The molecular weight excluding hydrogens is 655 g/mol. The van der Waals surface area contributed by atoms with Gasteiger partial charge in [0, 0.05) is 16.5 Å². The topological polar surface area (TPSA) is 22.5 Å². The third-order valence-electron chi connectivity index (χ3n) is 13.5. The number of hydrogen-bond acceptors (Lipinski definition) is 1. The monoisotopic (exact) mass is 686 g/mol. The van der Waals surface area contributed by atoms with Crippen molar-refractivity contribution in [3.63, 3.8) is 0 Å². The van der Waals surface area contributed by atoms with E-state index in [1.54, 1.807) is 0 Å². The fourth-order valence-electron chi connectivity index (χ4n) is 11.8. The van der Waals surface area contributed by atoms with Gasteiger partial charge in [-0.2, -0.15) is 0 Å². The van der Waals surface area contributed by atoms with E-state index in [0.717, 1.165) is 11.3 Å². The predicted molar refractivity (Wildman–Crippen MR) is 222 cm³/mol. The highest BCUT2D eigenvalue weighted by atomic mass is 16.3. The summed E-state index contributed by atoms with van der Waals surface area (Å²) in [5.41, 5.74) is 28.1. The molecule has 3 aromatic heterocycles. The molecule has 0 N–H and O–H groups in total. The number of aryl methyl sites for hydroxylation is 3. The van der Waals surface area contributed by atoms with Crippen LogP contribution in [0.3, 0.4) is 0 Å². The SMILES string of the molecule is Cc1cc2c3c(c1)-n1c4c(C)cc(C)cc4n4c5oc6ccccc6c5c(c14)B3c1cc3c(cc1-2)C1(c2ccccc2-c2ccccc21)c1ccccc1-3. The van der Waals surface area contributed by atoms with Crippen LogP contribution in [0.15, 0.2) is 138 Å². The van der Waals surface area contributed by atoms with Crippen LogP contribution in [0.2, 0.25) is 0 Å². The second-order valence-corrected chi connectivity index (χ2v) is 16.2. The molecule has 0 saturated heterocycles. The average Bonchev–Trinajstić information content (AvgIpc) is 4.00. The summed E-state index contributed by atoms with van der Waals surface area (Å²) in [4.78, 5) is 0. The molecule has 14 rings (SSSR count). The molecule has 10 aromatic rings. The highest BCUT2D eigenvalue weighted by Crippen LogP contribution is 2.63. The Morgan fingerprint density at radius 1 is 0.556 bits per heavy atom.